The molecular formula is C24H20N4O2. The highest BCUT2D eigenvalue weighted by Crippen LogP contribution is 2.26. The SMILES string of the molecule is O=C(Nc1ccc(-c2nc3ccccc3[nH]2)cc1)C1CC(=O)N(c2ccccc2)C1. The van der Waals surface area contributed by atoms with Gasteiger partial charge in [-0.25, -0.2) is 4.98 Å². The summed E-state index contributed by atoms with van der Waals surface area (Å²) in [4.78, 5) is 34.6. The number of hydrogen-bond donors (Lipinski definition) is 2. The molecule has 1 fully saturated rings. The van der Waals surface area contributed by atoms with E-state index in [1.807, 2.05) is 78.9 Å². The van der Waals surface area contributed by atoms with Gasteiger partial charge in [-0.15, -0.1) is 0 Å². The average molecular weight is 396 g/mol. The van der Waals surface area contributed by atoms with Crippen molar-refractivity contribution in [3.8, 4) is 11.4 Å². The highest BCUT2D eigenvalue weighted by molar-refractivity contribution is 6.03. The van der Waals surface area contributed by atoms with Crippen LogP contribution in [0.4, 0.5) is 11.4 Å². The Balaban J connectivity index is 1.27. The lowest BCUT2D eigenvalue weighted by Gasteiger charge is -2.16. The van der Waals surface area contributed by atoms with E-state index in [2.05, 4.69) is 15.3 Å². The molecule has 1 atom stereocenters. The van der Waals surface area contributed by atoms with Crippen molar-refractivity contribution in [1.29, 1.82) is 0 Å². The summed E-state index contributed by atoms with van der Waals surface area (Å²) in [6.07, 6.45) is 0.220. The van der Waals surface area contributed by atoms with Crippen molar-refractivity contribution in [2.24, 2.45) is 5.92 Å². The Morgan fingerprint density at radius 1 is 0.967 bits per heavy atom. The smallest absolute Gasteiger partial charge is 0.229 e. The van der Waals surface area contributed by atoms with Gasteiger partial charge in [-0.1, -0.05) is 30.3 Å². The molecule has 1 unspecified atom stereocenters. The molecule has 5 rings (SSSR count). The molecule has 0 bridgehead atoms. The van der Waals surface area contributed by atoms with E-state index in [4.69, 9.17) is 0 Å². The summed E-state index contributed by atoms with van der Waals surface area (Å²) in [6, 6.07) is 24.9. The number of benzene rings is 3. The summed E-state index contributed by atoms with van der Waals surface area (Å²) in [5.74, 6) is 0.251. The maximum Gasteiger partial charge on any atom is 0.229 e. The second-order valence-corrected chi connectivity index (χ2v) is 7.41. The Morgan fingerprint density at radius 3 is 2.47 bits per heavy atom. The van der Waals surface area contributed by atoms with Crippen molar-refractivity contribution in [2.75, 3.05) is 16.8 Å². The minimum absolute atomic E-state index is 0.0263. The van der Waals surface area contributed by atoms with E-state index in [1.165, 1.54) is 0 Å². The van der Waals surface area contributed by atoms with Crippen LogP contribution in [0.2, 0.25) is 0 Å². The largest absolute Gasteiger partial charge is 0.338 e. The first-order chi connectivity index (χ1) is 14.7. The molecular weight excluding hydrogens is 376 g/mol. The number of nitrogens with zero attached hydrogens (tertiary/aromatic N) is 2. The molecule has 1 aliphatic rings. The number of aromatic nitrogens is 2. The lowest BCUT2D eigenvalue weighted by atomic mass is 10.1. The Kier molecular flexibility index (Phi) is 4.52. The topological polar surface area (TPSA) is 78.1 Å². The number of H-pyrrole nitrogens is 1. The molecule has 3 aromatic carbocycles. The molecule has 0 radical (unpaired) electrons. The molecule has 1 aromatic heterocycles. The highest BCUT2D eigenvalue weighted by atomic mass is 16.2. The van der Waals surface area contributed by atoms with E-state index in [9.17, 15) is 9.59 Å². The molecule has 2 amide bonds. The molecule has 148 valence electrons. The number of para-hydroxylation sites is 3. The number of anilines is 2. The van der Waals surface area contributed by atoms with Crippen LogP contribution in [0.1, 0.15) is 6.42 Å². The van der Waals surface area contributed by atoms with Gasteiger partial charge < -0.3 is 15.2 Å². The molecule has 30 heavy (non-hydrogen) atoms. The van der Waals surface area contributed by atoms with E-state index >= 15 is 0 Å². The lowest BCUT2D eigenvalue weighted by Crippen LogP contribution is -2.28. The number of hydrogen-bond acceptors (Lipinski definition) is 3. The van der Waals surface area contributed by atoms with Crippen molar-refractivity contribution >= 4 is 34.2 Å². The fraction of sp³-hybridized carbons (Fsp3) is 0.125. The zero-order valence-electron chi connectivity index (χ0n) is 16.2. The second-order valence-electron chi connectivity index (χ2n) is 7.41. The molecule has 6 heteroatoms. The van der Waals surface area contributed by atoms with Crippen molar-refractivity contribution < 1.29 is 9.59 Å². The molecule has 1 saturated heterocycles. The van der Waals surface area contributed by atoms with Gasteiger partial charge in [0.15, 0.2) is 0 Å². The van der Waals surface area contributed by atoms with Crippen molar-refractivity contribution in [3.63, 3.8) is 0 Å². The van der Waals surface area contributed by atoms with Crippen LogP contribution in [-0.4, -0.2) is 28.3 Å². The van der Waals surface area contributed by atoms with E-state index in [0.717, 1.165) is 28.1 Å². The van der Waals surface area contributed by atoms with Crippen LogP contribution in [0.25, 0.3) is 22.4 Å². The number of fused-ring (bicyclic) bond motifs is 1. The van der Waals surface area contributed by atoms with Crippen molar-refractivity contribution in [2.45, 2.75) is 6.42 Å². The van der Waals surface area contributed by atoms with Crippen molar-refractivity contribution in [3.05, 3.63) is 78.9 Å². The van der Waals surface area contributed by atoms with E-state index in [0.29, 0.717) is 12.2 Å². The first-order valence-electron chi connectivity index (χ1n) is 9.89. The Hall–Kier alpha value is -3.93. The van der Waals surface area contributed by atoms with E-state index < -0.39 is 0 Å². The Morgan fingerprint density at radius 2 is 1.70 bits per heavy atom. The molecule has 2 heterocycles. The summed E-state index contributed by atoms with van der Waals surface area (Å²) in [5.41, 5.74) is 4.37. The number of carbonyl (C=O) groups is 2. The minimum atomic E-state index is -0.368. The lowest BCUT2D eigenvalue weighted by molar-refractivity contribution is -0.122. The van der Waals surface area contributed by atoms with Gasteiger partial charge in [-0.05, 0) is 48.5 Å². The normalized spacial score (nSPS) is 16.2. The molecule has 0 aliphatic carbocycles. The molecule has 0 spiro atoms. The summed E-state index contributed by atoms with van der Waals surface area (Å²) < 4.78 is 0. The van der Waals surface area contributed by atoms with Crippen LogP contribution >= 0.6 is 0 Å². The number of nitrogens with one attached hydrogen (secondary N) is 2. The number of imidazole rings is 1. The third kappa shape index (κ3) is 3.43. The van der Waals surface area contributed by atoms with Crippen LogP contribution in [0.5, 0.6) is 0 Å². The number of aromatic amines is 1. The van der Waals surface area contributed by atoms with Gasteiger partial charge in [0.1, 0.15) is 5.82 Å². The first-order valence-corrected chi connectivity index (χ1v) is 9.89. The van der Waals surface area contributed by atoms with Crippen LogP contribution < -0.4 is 10.2 Å². The number of amides is 2. The molecule has 1 aliphatic heterocycles. The van der Waals surface area contributed by atoms with Crippen LogP contribution in [0.15, 0.2) is 78.9 Å². The van der Waals surface area contributed by atoms with Gasteiger partial charge in [-0.3, -0.25) is 9.59 Å². The highest BCUT2D eigenvalue weighted by Gasteiger charge is 2.35. The van der Waals surface area contributed by atoms with E-state index in [1.54, 1.807) is 4.90 Å². The van der Waals surface area contributed by atoms with Gasteiger partial charge in [0, 0.05) is 29.9 Å². The monoisotopic (exact) mass is 396 g/mol. The average Bonchev–Trinajstić information content (AvgIpc) is 3.38. The summed E-state index contributed by atoms with van der Waals surface area (Å²) in [7, 11) is 0. The number of carbonyl (C=O) groups excluding carboxylic acids is 2. The molecule has 0 saturated carbocycles. The van der Waals surface area contributed by atoms with Crippen LogP contribution in [-0.2, 0) is 9.59 Å². The zero-order valence-corrected chi connectivity index (χ0v) is 16.2. The molecule has 4 aromatic rings. The molecule has 6 nitrogen and oxygen atoms in total. The number of rotatable bonds is 4. The summed E-state index contributed by atoms with van der Waals surface area (Å²) in [6.45, 7) is 0.395. The predicted molar refractivity (Wildman–Crippen MR) is 117 cm³/mol. The minimum Gasteiger partial charge on any atom is -0.338 e. The van der Waals surface area contributed by atoms with Gasteiger partial charge >= 0.3 is 0 Å². The van der Waals surface area contributed by atoms with Gasteiger partial charge in [0.25, 0.3) is 0 Å². The van der Waals surface area contributed by atoms with E-state index in [-0.39, 0.29) is 24.2 Å². The van der Waals surface area contributed by atoms with Crippen LogP contribution in [0.3, 0.4) is 0 Å². The predicted octanol–water partition coefficient (Wildman–Crippen LogP) is 4.22. The van der Waals surface area contributed by atoms with Crippen LogP contribution in [0, 0.1) is 5.92 Å². The third-order valence-electron chi connectivity index (χ3n) is 5.38. The Labute approximate surface area is 173 Å². The molecule has 2 N–H and O–H groups in total. The summed E-state index contributed by atoms with van der Waals surface area (Å²) in [5, 5.41) is 2.93. The van der Waals surface area contributed by atoms with Gasteiger partial charge in [0.05, 0.1) is 17.0 Å². The maximum absolute atomic E-state index is 12.7. The fourth-order valence-corrected chi connectivity index (χ4v) is 3.79. The fourth-order valence-electron chi connectivity index (χ4n) is 3.79. The standard InChI is InChI=1S/C24H20N4O2/c29-22-14-17(15-28(22)19-6-2-1-3-7-19)24(30)25-18-12-10-16(11-13-18)23-26-20-8-4-5-9-21(20)27-23/h1-13,17H,14-15H2,(H,25,30)(H,26,27). The van der Waals surface area contributed by atoms with Gasteiger partial charge in [-0.2, -0.15) is 0 Å². The van der Waals surface area contributed by atoms with Gasteiger partial charge in [0.2, 0.25) is 11.8 Å². The quantitative estimate of drug-likeness (QED) is 0.542. The second kappa shape index (κ2) is 7.48. The third-order valence-corrected chi connectivity index (χ3v) is 5.38. The van der Waals surface area contributed by atoms with Crippen molar-refractivity contribution in [1.82, 2.24) is 9.97 Å². The summed E-state index contributed by atoms with van der Waals surface area (Å²) >= 11 is 0. The first kappa shape index (κ1) is 18.1. The zero-order chi connectivity index (χ0) is 20.5. The maximum atomic E-state index is 12.7. The Bertz CT molecular complexity index is 1180.